The van der Waals surface area contributed by atoms with Crippen molar-refractivity contribution >= 4 is 0 Å². The Kier molecular flexibility index (Phi) is 1.64. The summed E-state index contributed by atoms with van der Waals surface area (Å²) < 4.78 is 5.45. The van der Waals surface area contributed by atoms with E-state index in [0.717, 1.165) is 32.3 Å². The Balaban J connectivity index is 1.84. The van der Waals surface area contributed by atoms with E-state index in [4.69, 9.17) is 10.5 Å². The number of morpholine rings is 1. The topological polar surface area (TPSA) is 38.5 Å². The SMILES string of the molecule is NCCN1CCOC2CC21. The summed E-state index contributed by atoms with van der Waals surface area (Å²) >= 11 is 0. The molecule has 0 aromatic rings. The first-order chi connectivity index (χ1) is 4.92. The van der Waals surface area contributed by atoms with Gasteiger partial charge < -0.3 is 10.5 Å². The molecule has 2 fully saturated rings. The van der Waals surface area contributed by atoms with Crippen LogP contribution in [0, 0.1) is 0 Å². The van der Waals surface area contributed by atoms with Crippen LogP contribution < -0.4 is 5.73 Å². The second kappa shape index (κ2) is 2.49. The van der Waals surface area contributed by atoms with Crippen LogP contribution in [0.4, 0.5) is 0 Å². The Morgan fingerprint density at radius 1 is 1.60 bits per heavy atom. The zero-order chi connectivity index (χ0) is 6.97. The molecular weight excluding hydrogens is 128 g/mol. The van der Waals surface area contributed by atoms with Gasteiger partial charge in [-0.2, -0.15) is 0 Å². The molecule has 0 aromatic heterocycles. The number of fused-ring (bicyclic) bond motifs is 1. The number of hydrogen-bond donors (Lipinski definition) is 1. The maximum atomic E-state index is 5.46. The van der Waals surface area contributed by atoms with Gasteiger partial charge in [0.15, 0.2) is 0 Å². The van der Waals surface area contributed by atoms with Gasteiger partial charge in [0.05, 0.1) is 12.7 Å². The lowest BCUT2D eigenvalue weighted by atomic mass is 10.4. The van der Waals surface area contributed by atoms with Crippen LogP contribution in [0.25, 0.3) is 0 Å². The van der Waals surface area contributed by atoms with E-state index >= 15 is 0 Å². The molecule has 2 unspecified atom stereocenters. The summed E-state index contributed by atoms with van der Waals surface area (Å²) in [5.41, 5.74) is 5.46. The van der Waals surface area contributed by atoms with E-state index < -0.39 is 0 Å². The highest BCUT2D eigenvalue weighted by Gasteiger charge is 2.44. The average molecular weight is 142 g/mol. The molecule has 58 valence electrons. The standard InChI is InChI=1S/C7H14N2O/c8-1-2-9-3-4-10-7-5-6(7)9/h6-7H,1-5,8H2. The summed E-state index contributed by atoms with van der Waals surface area (Å²) in [6.07, 6.45) is 1.79. The highest BCUT2D eigenvalue weighted by Crippen LogP contribution is 2.33. The molecular formula is C7H14N2O. The smallest absolute Gasteiger partial charge is 0.0747 e. The van der Waals surface area contributed by atoms with Gasteiger partial charge in [-0.25, -0.2) is 0 Å². The minimum Gasteiger partial charge on any atom is -0.375 e. The van der Waals surface area contributed by atoms with Crippen molar-refractivity contribution in [1.82, 2.24) is 4.90 Å². The fourth-order valence-electron chi connectivity index (χ4n) is 1.65. The fourth-order valence-corrected chi connectivity index (χ4v) is 1.65. The van der Waals surface area contributed by atoms with Gasteiger partial charge in [0.1, 0.15) is 0 Å². The van der Waals surface area contributed by atoms with Crippen molar-refractivity contribution in [3.8, 4) is 0 Å². The molecule has 2 N–H and O–H groups in total. The van der Waals surface area contributed by atoms with Crippen molar-refractivity contribution in [3.63, 3.8) is 0 Å². The lowest BCUT2D eigenvalue weighted by Crippen LogP contribution is -2.39. The Morgan fingerprint density at radius 2 is 2.50 bits per heavy atom. The average Bonchev–Trinajstić information content (AvgIpc) is 2.67. The molecule has 3 heteroatoms. The van der Waals surface area contributed by atoms with E-state index in [0.29, 0.717) is 6.10 Å². The van der Waals surface area contributed by atoms with Gasteiger partial charge >= 0.3 is 0 Å². The van der Waals surface area contributed by atoms with E-state index in [1.807, 2.05) is 0 Å². The zero-order valence-corrected chi connectivity index (χ0v) is 6.12. The van der Waals surface area contributed by atoms with Crippen LogP contribution in [-0.4, -0.2) is 43.3 Å². The normalized spacial score (nSPS) is 39.3. The highest BCUT2D eigenvalue weighted by atomic mass is 16.5. The molecule has 1 aliphatic carbocycles. The van der Waals surface area contributed by atoms with Crippen LogP contribution in [0.15, 0.2) is 0 Å². The number of hydrogen-bond acceptors (Lipinski definition) is 3. The summed E-state index contributed by atoms with van der Waals surface area (Å²) in [6.45, 7) is 3.81. The van der Waals surface area contributed by atoms with E-state index in [-0.39, 0.29) is 0 Å². The first kappa shape index (κ1) is 6.58. The first-order valence-electron chi connectivity index (χ1n) is 3.97. The monoisotopic (exact) mass is 142 g/mol. The molecule has 1 heterocycles. The zero-order valence-electron chi connectivity index (χ0n) is 6.12. The second-order valence-corrected chi connectivity index (χ2v) is 3.04. The molecule has 1 saturated carbocycles. The number of ether oxygens (including phenoxy) is 1. The summed E-state index contributed by atoms with van der Waals surface area (Å²) in [7, 11) is 0. The van der Waals surface area contributed by atoms with E-state index in [2.05, 4.69) is 4.90 Å². The molecule has 0 amide bonds. The molecule has 1 saturated heterocycles. The van der Waals surface area contributed by atoms with E-state index in [9.17, 15) is 0 Å². The van der Waals surface area contributed by atoms with Crippen molar-refractivity contribution in [1.29, 1.82) is 0 Å². The van der Waals surface area contributed by atoms with Crippen LogP contribution in [0.2, 0.25) is 0 Å². The number of nitrogens with two attached hydrogens (primary N) is 1. The Hall–Kier alpha value is -0.120. The quantitative estimate of drug-likeness (QED) is 0.560. The fraction of sp³-hybridized carbons (Fsp3) is 1.00. The van der Waals surface area contributed by atoms with Crippen LogP contribution >= 0.6 is 0 Å². The molecule has 3 nitrogen and oxygen atoms in total. The predicted molar refractivity (Wildman–Crippen MR) is 38.8 cm³/mol. The first-order valence-corrected chi connectivity index (χ1v) is 3.97. The van der Waals surface area contributed by atoms with Gasteiger partial charge in [-0.1, -0.05) is 0 Å². The molecule has 0 radical (unpaired) electrons. The van der Waals surface area contributed by atoms with Crippen molar-refractivity contribution in [2.45, 2.75) is 18.6 Å². The molecule has 10 heavy (non-hydrogen) atoms. The largest absolute Gasteiger partial charge is 0.375 e. The molecule has 0 spiro atoms. The third kappa shape index (κ3) is 1.05. The molecule has 0 aromatic carbocycles. The third-order valence-corrected chi connectivity index (χ3v) is 2.30. The molecule has 2 aliphatic rings. The third-order valence-electron chi connectivity index (χ3n) is 2.30. The maximum absolute atomic E-state index is 5.46. The summed E-state index contributed by atoms with van der Waals surface area (Å²) in [5, 5.41) is 0. The van der Waals surface area contributed by atoms with Crippen LogP contribution in [-0.2, 0) is 4.74 Å². The predicted octanol–water partition coefficient (Wildman–Crippen LogP) is -0.582. The molecule has 2 atom stereocenters. The summed E-state index contributed by atoms with van der Waals surface area (Å²) in [5.74, 6) is 0. The van der Waals surface area contributed by atoms with Gasteiger partial charge in [0.25, 0.3) is 0 Å². The highest BCUT2D eigenvalue weighted by molar-refractivity contribution is 4.99. The Bertz CT molecular complexity index is 127. The Labute approximate surface area is 61.1 Å². The van der Waals surface area contributed by atoms with Crippen molar-refractivity contribution in [2.75, 3.05) is 26.2 Å². The van der Waals surface area contributed by atoms with Crippen LogP contribution in [0.3, 0.4) is 0 Å². The molecule has 2 rings (SSSR count). The van der Waals surface area contributed by atoms with Crippen molar-refractivity contribution < 1.29 is 4.74 Å². The van der Waals surface area contributed by atoms with Gasteiger partial charge in [-0.15, -0.1) is 0 Å². The number of rotatable bonds is 2. The summed E-state index contributed by atoms with van der Waals surface area (Å²) in [6, 6.07) is 0.720. The van der Waals surface area contributed by atoms with Gasteiger partial charge in [0, 0.05) is 25.7 Å². The second-order valence-electron chi connectivity index (χ2n) is 3.04. The van der Waals surface area contributed by atoms with Gasteiger partial charge in [-0.3, -0.25) is 4.90 Å². The van der Waals surface area contributed by atoms with Crippen LogP contribution in [0.1, 0.15) is 6.42 Å². The minimum absolute atomic E-state index is 0.556. The van der Waals surface area contributed by atoms with Crippen LogP contribution in [0.5, 0.6) is 0 Å². The molecule has 0 bridgehead atoms. The van der Waals surface area contributed by atoms with E-state index in [1.54, 1.807) is 0 Å². The van der Waals surface area contributed by atoms with Gasteiger partial charge in [-0.05, 0) is 6.42 Å². The Morgan fingerprint density at radius 3 is 3.30 bits per heavy atom. The van der Waals surface area contributed by atoms with Gasteiger partial charge in [0.2, 0.25) is 0 Å². The lowest BCUT2D eigenvalue weighted by molar-refractivity contribution is 0.0326. The maximum Gasteiger partial charge on any atom is 0.0747 e. The minimum atomic E-state index is 0.556. The van der Waals surface area contributed by atoms with E-state index in [1.165, 1.54) is 6.42 Å². The van der Waals surface area contributed by atoms with Crippen molar-refractivity contribution in [3.05, 3.63) is 0 Å². The molecule has 1 aliphatic heterocycles. The number of nitrogens with zero attached hydrogens (tertiary/aromatic N) is 1. The summed E-state index contributed by atoms with van der Waals surface area (Å²) in [4.78, 5) is 2.44. The lowest BCUT2D eigenvalue weighted by Gasteiger charge is -2.25. The van der Waals surface area contributed by atoms with Crippen molar-refractivity contribution in [2.24, 2.45) is 5.73 Å².